The number of hydrogen-bond acceptors (Lipinski definition) is 4. The summed E-state index contributed by atoms with van der Waals surface area (Å²) in [5.41, 5.74) is 5.88. The van der Waals surface area contributed by atoms with Crippen molar-refractivity contribution in [3.63, 3.8) is 0 Å². The molecule has 24 heavy (non-hydrogen) atoms. The van der Waals surface area contributed by atoms with Crippen LogP contribution < -0.4 is 5.32 Å². The molecule has 116 valence electrons. The normalized spacial score (nSPS) is 10.7. The topological polar surface area (TPSA) is 50.7 Å². The molecule has 3 aromatic heterocycles. The van der Waals surface area contributed by atoms with E-state index in [2.05, 4.69) is 27.4 Å². The first-order chi connectivity index (χ1) is 11.9. The van der Waals surface area contributed by atoms with Crippen LogP contribution in [0.1, 0.15) is 0 Å². The lowest BCUT2D eigenvalue weighted by molar-refractivity contribution is 1.28. The molecule has 0 unspecified atom stereocenters. The Morgan fingerprint density at radius 3 is 2.33 bits per heavy atom. The molecule has 0 radical (unpaired) electrons. The van der Waals surface area contributed by atoms with Crippen molar-refractivity contribution in [3.05, 3.63) is 73.2 Å². The molecule has 0 bridgehead atoms. The molecule has 0 spiro atoms. The van der Waals surface area contributed by atoms with Gasteiger partial charge in [0.1, 0.15) is 0 Å². The molecule has 0 saturated heterocycles. The van der Waals surface area contributed by atoms with Gasteiger partial charge in [-0.25, -0.2) is 9.97 Å². The van der Waals surface area contributed by atoms with E-state index in [0.29, 0.717) is 0 Å². The van der Waals surface area contributed by atoms with E-state index in [9.17, 15) is 0 Å². The summed E-state index contributed by atoms with van der Waals surface area (Å²) in [6.07, 6.45) is 5.38. The molecular formula is C20H16N4. The highest BCUT2D eigenvalue weighted by atomic mass is 14.9. The van der Waals surface area contributed by atoms with E-state index in [1.807, 2.05) is 49.5 Å². The lowest BCUT2D eigenvalue weighted by atomic mass is 9.96. The number of aromatic nitrogens is 3. The van der Waals surface area contributed by atoms with Gasteiger partial charge >= 0.3 is 0 Å². The van der Waals surface area contributed by atoms with Crippen molar-refractivity contribution in [3.8, 4) is 22.4 Å². The third-order valence-electron chi connectivity index (χ3n) is 4.03. The largest absolute Gasteiger partial charge is 0.387 e. The van der Waals surface area contributed by atoms with Crippen LogP contribution in [0.15, 0.2) is 73.2 Å². The van der Waals surface area contributed by atoms with Crippen LogP contribution in [0.3, 0.4) is 0 Å². The Morgan fingerprint density at radius 1 is 0.792 bits per heavy atom. The van der Waals surface area contributed by atoms with Crippen LogP contribution in [0.4, 0.5) is 5.69 Å². The van der Waals surface area contributed by atoms with Gasteiger partial charge in [-0.1, -0.05) is 30.3 Å². The molecule has 0 aliphatic rings. The number of benzene rings is 1. The first-order valence-corrected chi connectivity index (χ1v) is 7.81. The standard InChI is InChI=1S/C20H16N4/c1-21-19-16-8-5-11-23-20(16)24-18(15-6-3-2-4-7-15)17(19)14-9-12-22-13-10-14/h2-13H,1H3,(H,21,23,24). The minimum absolute atomic E-state index is 0.735. The number of fused-ring (bicyclic) bond motifs is 1. The number of anilines is 1. The molecule has 0 saturated carbocycles. The van der Waals surface area contributed by atoms with Gasteiger partial charge in [0.05, 0.1) is 11.4 Å². The first kappa shape index (κ1) is 14.3. The SMILES string of the molecule is CNc1c(-c2ccncc2)c(-c2ccccc2)nc2ncccc12. The second kappa shape index (κ2) is 6.08. The highest BCUT2D eigenvalue weighted by Gasteiger charge is 2.17. The second-order valence-corrected chi connectivity index (χ2v) is 5.44. The molecule has 3 heterocycles. The summed E-state index contributed by atoms with van der Waals surface area (Å²) < 4.78 is 0. The summed E-state index contributed by atoms with van der Waals surface area (Å²) in [5, 5.41) is 4.35. The van der Waals surface area contributed by atoms with Crippen molar-refractivity contribution in [2.45, 2.75) is 0 Å². The van der Waals surface area contributed by atoms with Gasteiger partial charge in [-0.15, -0.1) is 0 Å². The summed E-state index contributed by atoms with van der Waals surface area (Å²) in [4.78, 5) is 13.4. The maximum absolute atomic E-state index is 4.86. The van der Waals surface area contributed by atoms with E-state index in [1.165, 1.54) is 0 Å². The molecular weight excluding hydrogens is 296 g/mol. The zero-order valence-corrected chi connectivity index (χ0v) is 13.3. The quantitative estimate of drug-likeness (QED) is 0.609. The maximum Gasteiger partial charge on any atom is 0.161 e. The predicted octanol–water partition coefficient (Wildman–Crippen LogP) is 4.40. The molecule has 0 aliphatic heterocycles. The van der Waals surface area contributed by atoms with Gasteiger partial charge in [0, 0.05) is 42.2 Å². The Balaban J connectivity index is 2.13. The fourth-order valence-corrected chi connectivity index (χ4v) is 2.96. The molecule has 4 heteroatoms. The molecule has 4 aromatic rings. The lowest BCUT2D eigenvalue weighted by Gasteiger charge is -2.17. The van der Waals surface area contributed by atoms with E-state index in [4.69, 9.17) is 4.98 Å². The van der Waals surface area contributed by atoms with Crippen LogP contribution in [-0.2, 0) is 0 Å². The predicted molar refractivity (Wildman–Crippen MR) is 97.8 cm³/mol. The fraction of sp³-hybridized carbons (Fsp3) is 0.0500. The Kier molecular flexibility index (Phi) is 3.63. The first-order valence-electron chi connectivity index (χ1n) is 7.81. The van der Waals surface area contributed by atoms with Crippen LogP contribution in [0.5, 0.6) is 0 Å². The Morgan fingerprint density at radius 2 is 1.58 bits per heavy atom. The van der Waals surface area contributed by atoms with Crippen molar-refractivity contribution in [1.82, 2.24) is 15.0 Å². The molecule has 4 nitrogen and oxygen atoms in total. The molecule has 0 aliphatic carbocycles. The molecule has 0 atom stereocenters. The van der Waals surface area contributed by atoms with E-state index >= 15 is 0 Å². The minimum atomic E-state index is 0.735. The van der Waals surface area contributed by atoms with Gasteiger partial charge in [-0.2, -0.15) is 0 Å². The Hall–Kier alpha value is -3.27. The Labute approximate surface area is 140 Å². The summed E-state index contributed by atoms with van der Waals surface area (Å²) >= 11 is 0. The number of nitrogens with one attached hydrogen (secondary N) is 1. The lowest BCUT2D eigenvalue weighted by Crippen LogP contribution is -2.00. The van der Waals surface area contributed by atoms with E-state index < -0.39 is 0 Å². The molecule has 1 aromatic carbocycles. The van der Waals surface area contributed by atoms with Gasteiger partial charge in [0.2, 0.25) is 0 Å². The number of pyridine rings is 3. The van der Waals surface area contributed by atoms with Gasteiger partial charge in [-0.3, -0.25) is 4.98 Å². The van der Waals surface area contributed by atoms with Crippen LogP contribution in [0, 0.1) is 0 Å². The zero-order valence-electron chi connectivity index (χ0n) is 13.3. The third-order valence-corrected chi connectivity index (χ3v) is 4.03. The molecule has 0 amide bonds. The summed E-state index contributed by atoms with van der Waals surface area (Å²) in [7, 11) is 1.93. The Bertz CT molecular complexity index is 982. The van der Waals surface area contributed by atoms with Crippen molar-refractivity contribution in [2.24, 2.45) is 0 Å². The zero-order chi connectivity index (χ0) is 16.4. The third kappa shape index (κ3) is 2.38. The summed E-state index contributed by atoms with van der Waals surface area (Å²) in [6.45, 7) is 0. The van der Waals surface area contributed by atoms with Gasteiger partial charge in [0.15, 0.2) is 5.65 Å². The molecule has 0 fully saturated rings. The second-order valence-electron chi connectivity index (χ2n) is 5.44. The summed E-state index contributed by atoms with van der Waals surface area (Å²) in [6, 6.07) is 18.2. The molecule has 1 N–H and O–H groups in total. The van der Waals surface area contributed by atoms with Crippen molar-refractivity contribution >= 4 is 16.7 Å². The minimum Gasteiger partial charge on any atom is -0.387 e. The molecule has 4 rings (SSSR count). The van der Waals surface area contributed by atoms with E-state index in [0.717, 1.165) is 39.1 Å². The van der Waals surface area contributed by atoms with Gasteiger partial charge < -0.3 is 5.32 Å². The average molecular weight is 312 g/mol. The maximum atomic E-state index is 4.86. The van der Waals surface area contributed by atoms with Crippen LogP contribution >= 0.6 is 0 Å². The highest BCUT2D eigenvalue weighted by Crippen LogP contribution is 2.39. The number of hydrogen-bond donors (Lipinski definition) is 1. The number of nitrogens with zero attached hydrogens (tertiary/aromatic N) is 3. The fourth-order valence-electron chi connectivity index (χ4n) is 2.96. The number of rotatable bonds is 3. The van der Waals surface area contributed by atoms with Crippen molar-refractivity contribution in [2.75, 3.05) is 12.4 Å². The van der Waals surface area contributed by atoms with Crippen LogP contribution in [-0.4, -0.2) is 22.0 Å². The van der Waals surface area contributed by atoms with E-state index in [-0.39, 0.29) is 0 Å². The van der Waals surface area contributed by atoms with Crippen molar-refractivity contribution in [1.29, 1.82) is 0 Å². The van der Waals surface area contributed by atoms with Crippen molar-refractivity contribution < 1.29 is 0 Å². The van der Waals surface area contributed by atoms with Crippen LogP contribution in [0.2, 0.25) is 0 Å². The summed E-state index contributed by atoms with van der Waals surface area (Å²) in [5.74, 6) is 0. The smallest absolute Gasteiger partial charge is 0.161 e. The van der Waals surface area contributed by atoms with Gasteiger partial charge in [0.25, 0.3) is 0 Å². The van der Waals surface area contributed by atoms with Crippen LogP contribution in [0.25, 0.3) is 33.4 Å². The monoisotopic (exact) mass is 312 g/mol. The van der Waals surface area contributed by atoms with Gasteiger partial charge in [-0.05, 0) is 29.8 Å². The average Bonchev–Trinajstić information content (AvgIpc) is 2.67. The van der Waals surface area contributed by atoms with E-state index in [1.54, 1.807) is 18.6 Å². The highest BCUT2D eigenvalue weighted by molar-refractivity contribution is 6.03.